The van der Waals surface area contributed by atoms with Crippen LogP contribution in [0.5, 0.6) is 0 Å². The summed E-state index contributed by atoms with van der Waals surface area (Å²) in [4.78, 5) is 40.9. The van der Waals surface area contributed by atoms with Gasteiger partial charge in [0.2, 0.25) is 0 Å². The molecule has 0 atom stereocenters. The maximum atomic E-state index is 8.49. The predicted octanol–water partition coefficient (Wildman–Crippen LogP) is 5.36. The fourth-order valence-corrected chi connectivity index (χ4v) is 8.14. The van der Waals surface area contributed by atoms with Crippen LogP contribution >= 0.6 is 0 Å². The Labute approximate surface area is 547 Å². The number of benzene rings is 4. The van der Waals surface area contributed by atoms with E-state index in [2.05, 4.69) is 39.7 Å². The third-order valence-corrected chi connectivity index (χ3v) is 11.8. The van der Waals surface area contributed by atoms with Gasteiger partial charge in [0.05, 0.1) is 45.5 Å². The van der Waals surface area contributed by atoms with Crippen molar-refractivity contribution >= 4 is 34.2 Å². The molecule has 90 heavy (non-hydrogen) atoms. The van der Waals surface area contributed by atoms with E-state index >= 15 is 0 Å². The minimum Gasteiger partial charge on any atom is -0.656 e. The largest absolute Gasteiger partial charge is 2.00 e. The summed E-state index contributed by atoms with van der Waals surface area (Å²) in [5, 5.41) is 9.78. The Kier molecular flexibility index (Phi) is 31.6. The van der Waals surface area contributed by atoms with Gasteiger partial charge in [0.1, 0.15) is 0 Å². The average Bonchev–Trinajstić information content (AvgIpc) is 0.903. The van der Waals surface area contributed by atoms with Gasteiger partial charge in [-0.2, -0.15) is 0 Å². The first-order valence-electron chi connectivity index (χ1n) is 27.0. The number of rotatable bonds is 18. The second-order valence-corrected chi connectivity index (χ2v) is 20.1. The molecule has 24 heteroatoms. The first-order valence-corrected chi connectivity index (χ1v) is 29.4. The van der Waals surface area contributed by atoms with Gasteiger partial charge in [-0.1, -0.05) is 146 Å². The van der Waals surface area contributed by atoms with Crippen LogP contribution in [0.15, 0.2) is 301 Å². The SMILES string of the molecule is C1=C([N-]c2ccccc2)C(=Nc2ccccc2)C=C([N-]c2ccccc2)C1=Nc1ccccc1.[Cu+2].[Cu+2].[O-][Cl+3]([O-])([O-])[O-].[O-][Cl+3]([O-])([O-])[O-].c1ccc(CN(Cc2ccccn2)Cc2ccccn2)nc1.c1ccc(CN(Cc2ccccn2)Cc2ccccn2)nc1. The number of para-hydroxylation sites is 4. The van der Waals surface area contributed by atoms with Crippen molar-refractivity contribution in [3.05, 3.63) is 336 Å². The minimum atomic E-state index is -4.94. The molecule has 0 spiro atoms. The van der Waals surface area contributed by atoms with Crippen LogP contribution < -0.4 is 37.3 Å². The zero-order valence-corrected chi connectivity index (χ0v) is 51.2. The van der Waals surface area contributed by atoms with Crippen LogP contribution in [0.3, 0.4) is 0 Å². The number of nitrogens with zero attached hydrogens (tertiary/aromatic N) is 12. The Morgan fingerprint density at radius 2 is 0.489 bits per heavy atom. The van der Waals surface area contributed by atoms with E-state index in [4.69, 9.17) is 57.9 Å². The molecule has 0 fully saturated rings. The van der Waals surface area contributed by atoms with E-state index in [-0.39, 0.29) is 34.1 Å². The third kappa shape index (κ3) is 30.1. The van der Waals surface area contributed by atoms with Crippen molar-refractivity contribution < 1.29 is 91.9 Å². The zero-order valence-electron chi connectivity index (χ0n) is 47.8. The predicted molar refractivity (Wildman–Crippen MR) is 313 cm³/mol. The maximum absolute atomic E-state index is 8.49. The summed E-state index contributed by atoms with van der Waals surface area (Å²) < 4.78 is 67.9. The average molecular weight is 1350 g/mol. The third-order valence-electron chi connectivity index (χ3n) is 11.8. The van der Waals surface area contributed by atoms with E-state index in [0.717, 1.165) is 119 Å². The zero-order chi connectivity index (χ0) is 62.1. The van der Waals surface area contributed by atoms with E-state index in [0.29, 0.717) is 0 Å². The molecule has 20 nitrogen and oxygen atoms in total. The number of halogens is 2. The van der Waals surface area contributed by atoms with Gasteiger partial charge in [-0.15, -0.1) is 43.3 Å². The Morgan fingerprint density at radius 3 is 0.689 bits per heavy atom. The van der Waals surface area contributed by atoms with Crippen LogP contribution in [0, 0.1) is 20.5 Å². The van der Waals surface area contributed by atoms with Gasteiger partial charge in [-0.05, 0) is 97.1 Å². The monoisotopic (exact) mass is 1340 g/mol. The molecule has 1 aliphatic carbocycles. The first-order chi connectivity index (χ1) is 42.6. The molecule has 0 saturated heterocycles. The van der Waals surface area contributed by atoms with Gasteiger partial charge in [0.25, 0.3) is 0 Å². The first kappa shape index (κ1) is 72.2. The van der Waals surface area contributed by atoms with E-state index in [1.54, 1.807) is 0 Å². The Morgan fingerprint density at radius 1 is 0.289 bits per heavy atom. The molecule has 466 valence electrons. The van der Waals surface area contributed by atoms with Gasteiger partial charge in [-0.25, -0.2) is 37.3 Å². The van der Waals surface area contributed by atoms with Gasteiger partial charge >= 0.3 is 34.1 Å². The van der Waals surface area contributed by atoms with E-state index in [1.807, 2.05) is 280 Å². The van der Waals surface area contributed by atoms with E-state index < -0.39 is 20.5 Å². The Bertz CT molecular complexity index is 3230. The number of hydrogen-bond donors (Lipinski definition) is 0. The summed E-state index contributed by atoms with van der Waals surface area (Å²) in [6.07, 6.45) is 14.9. The van der Waals surface area contributed by atoms with Crippen LogP contribution in [0.1, 0.15) is 34.2 Å². The van der Waals surface area contributed by atoms with Crippen LogP contribution in [0.4, 0.5) is 22.7 Å². The number of aliphatic imine (C=N–C) groups is 2. The fourth-order valence-electron chi connectivity index (χ4n) is 8.14. The molecule has 0 saturated carbocycles. The minimum absolute atomic E-state index is 0. The van der Waals surface area contributed by atoms with Gasteiger partial charge in [0, 0.05) is 87.9 Å². The summed E-state index contributed by atoms with van der Waals surface area (Å²) in [7, 11) is -9.89. The Balaban J connectivity index is 0.000000232. The molecule has 6 heterocycles. The molecule has 0 bridgehead atoms. The smallest absolute Gasteiger partial charge is 0.656 e. The van der Waals surface area contributed by atoms with E-state index in [9.17, 15) is 0 Å². The molecule has 0 N–H and O–H groups in total. The molecule has 2 radical (unpaired) electrons. The van der Waals surface area contributed by atoms with Crippen LogP contribution in [-0.2, 0) is 73.4 Å². The number of pyridine rings is 6. The normalized spacial score (nSPS) is 12.5. The number of allylic oxidation sites excluding steroid dienone is 2. The summed E-state index contributed by atoms with van der Waals surface area (Å²) in [6, 6.07) is 75.5. The molecule has 1 aliphatic rings. The molecule has 6 aromatic heterocycles. The van der Waals surface area contributed by atoms with Crippen molar-refractivity contribution in [1.82, 2.24) is 39.7 Å². The second-order valence-electron chi connectivity index (χ2n) is 18.6. The number of aromatic nitrogens is 6. The quantitative estimate of drug-likeness (QED) is 0.0771. The van der Waals surface area contributed by atoms with Crippen molar-refractivity contribution in [2.24, 2.45) is 9.98 Å². The van der Waals surface area contributed by atoms with Crippen molar-refractivity contribution in [2.45, 2.75) is 39.3 Å². The van der Waals surface area contributed by atoms with Gasteiger partial charge in [0.15, 0.2) is 0 Å². The molecular weight excluding hydrogens is 1290 g/mol. The molecule has 0 unspecified atom stereocenters. The summed E-state index contributed by atoms with van der Waals surface area (Å²) in [6.45, 7) is 4.63. The van der Waals surface area contributed by atoms with Crippen LogP contribution in [-0.4, -0.2) is 51.1 Å². The van der Waals surface area contributed by atoms with Crippen LogP contribution in [0.2, 0.25) is 0 Å². The summed E-state index contributed by atoms with van der Waals surface area (Å²) in [5.41, 5.74) is 12.6. The van der Waals surface area contributed by atoms with Gasteiger partial charge < -0.3 is 10.6 Å². The van der Waals surface area contributed by atoms with Crippen molar-refractivity contribution in [2.75, 3.05) is 0 Å². The molecule has 4 aromatic carbocycles. The van der Waals surface area contributed by atoms with Crippen molar-refractivity contribution in [1.29, 1.82) is 0 Å². The Hall–Kier alpha value is -8.58. The summed E-state index contributed by atoms with van der Waals surface area (Å²) >= 11 is 0. The fraction of sp³-hybridized carbons (Fsp3) is 0.0909. The van der Waals surface area contributed by atoms with Gasteiger partial charge in [-0.3, -0.25) is 49.7 Å². The molecule has 0 amide bonds. The van der Waals surface area contributed by atoms with Crippen molar-refractivity contribution in [3.63, 3.8) is 0 Å². The molecule has 0 aliphatic heterocycles. The maximum Gasteiger partial charge on any atom is 2.00 e. The topological polar surface area (TPSA) is 321 Å². The standard InChI is InChI=1S/C30H22N4.2C18H18N4.2ClHO4.2Cu/c1-5-13-23(14-6-1)31-27-21-29(33-25-17-9-3-10-18-25)30(34-26-19-11-4-12-20-26)22-28(27)32-24-15-7-2-8-16-24;2*1-4-10-19-16(7-1)13-22(14-17-8-2-5-11-20-17)15-18-9-3-6-12-21-18;2*2-1(3,4)5;;/h1-22H;2*1-12H,13-15H2;2*(H,2,3,4,5);;/q-2;;;;;2*+2/p-2. The van der Waals surface area contributed by atoms with E-state index in [1.165, 1.54) is 0 Å². The molecular formula is C66H58Cl2Cu2N12O8. The molecule has 10 aromatic rings. The summed E-state index contributed by atoms with van der Waals surface area (Å²) in [5.74, 6) is 0. The molecule has 11 rings (SSSR count). The second kappa shape index (κ2) is 39.4. The van der Waals surface area contributed by atoms with Crippen molar-refractivity contribution in [3.8, 4) is 0 Å². The van der Waals surface area contributed by atoms with Crippen LogP contribution in [0.25, 0.3) is 10.6 Å². The number of hydrogen-bond acceptors (Lipinski definition) is 18.